The van der Waals surface area contributed by atoms with Crippen molar-refractivity contribution < 1.29 is 14.0 Å². The average molecular weight is 286 g/mol. The van der Waals surface area contributed by atoms with Gasteiger partial charge in [0.15, 0.2) is 0 Å². The van der Waals surface area contributed by atoms with Gasteiger partial charge in [-0.1, -0.05) is 42.9 Å². The molecule has 2 rings (SSSR count). The molecule has 0 bridgehead atoms. The second-order valence-corrected chi connectivity index (χ2v) is 6.11. The number of benzene rings is 1. The molecule has 21 heavy (non-hydrogen) atoms. The normalized spacial score (nSPS) is 19.9. The molecule has 3 nitrogen and oxygen atoms in total. The lowest BCUT2D eigenvalue weighted by Crippen LogP contribution is -2.41. The Morgan fingerprint density at radius 1 is 1.14 bits per heavy atom. The van der Waals surface area contributed by atoms with Crippen LogP contribution in [-0.2, 0) is 9.31 Å². The van der Waals surface area contributed by atoms with E-state index in [2.05, 4.69) is 6.58 Å². The minimum absolute atomic E-state index is 0.307. The molecule has 1 fully saturated rings. The van der Waals surface area contributed by atoms with E-state index < -0.39 is 0 Å². The highest BCUT2D eigenvalue weighted by Crippen LogP contribution is 2.36. The van der Waals surface area contributed by atoms with Crippen LogP contribution in [0.15, 0.2) is 42.9 Å². The number of hydrogen-bond acceptors (Lipinski definition) is 3. The predicted molar refractivity (Wildman–Crippen MR) is 87.3 cm³/mol. The molecule has 1 aromatic rings. The molecule has 0 N–H and O–H groups in total. The zero-order valence-corrected chi connectivity index (χ0v) is 13.3. The van der Waals surface area contributed by atoms with Gasteiger partial charge in [-0.15, -0.1) is 0 Å². The molecule has 1 aliphatic rings. The van der Waals surface area contributed by atoms with Crippen LogP contribution in [0.1, 0.15) is 33.3 Å². The monoisotopic (exact) mass is 286 g/mol. The van der Waals surface area contributed by atoms with Crippen molar-refractivity contribution in [3.05, 3.63) is 48.5 Å². The molecule has 0 unspecified atom stereocenters. The first-order valence-corrected chi connectivity index (χ1v) is 7.22. The molecule has 0 atom stereocenters. The van der Waals surface area contributed by atoms with Crippen LogP contribution in [0.3, 0.4) is 0 Å². The smallest absolute Gasteiger partial charge is 0.486 e. The van der Waals surface area contributed by atoms with Crippen molar-refractivity contribution in [3.63, 3.8) is 0 Å². The lowest BCUT2D eigenvalue weighted by atomic mass is 9.90. The van der Waals surface area contributed by atoms with Crippen molar-refractivity contribution in [2.24, 2.45) is 0 Å². The minimum atomic E-state index is -0.326. The van der Waals surface area contributed by atoms with Crippen molar-refractivity contribution in [2.45, 2.75) is 38.9 Å². The Morgan fingerprint density at radius 2 is 1.76 bits per heavy atom. The quantitative estimate of drug-likeness (QED) is 0.768. The van der Waals surface area contributed by atoms with Gasteiger partial charge in [-0.2, -0.15) is 0 Å². The van der Waals surface area contributed by atoms with Crippen LogP contribution in [-0.4, -0.2) is 24.9 Å². The molecule has 4 heteroatoms. The van der Waals surface area contributed by atoms with Crippen molar-refractivity contribution in [1.82, 2.24) is 0 Å². The third kappa shape index (κ3) is 3.58. The van der Waals surface area contributed by atoms with Gasteiger partial charge in [-0.25, -0.2) is 0 Å². The fourth-order valence-electron chi connectivity index (χ4n) is 2.05. The van der Waals surface area contributed by atoms with Gasteiger partial charge in [0.05, 0.1) is 11.2 Å². The lowest BCUT2D eigenvalue weighted by molar-refractivity contribution is 0.00578. The topological polar surface area (TPSA) is 27.7 Å². The largest absolute Gasteiger partial charge is 0.489 e. The van der Waals surface area contributed by atoms with Gasteiger partial charge in [0, 0.05) is 5.56 Å². The molecule has 0 amide bonds. The Labute approximate surface area is 127 Å². The summed E-state index contributed by atoms with van der Waals surface area (Å²) in [4.78, 5) is 0. The first-order valence-electron chi connectivity index (χ1n) is 7.22. The standard InChI is InChI=1S/C17H23BO3/c1-6-14-10-7-8-11-15(14)19-13-9-12-18-20-16(2,3)17(4,5)21-18/h6-12H,1,13H2,2-5H3/b12-9+. The van der Waals surface area contributed by atoms with E-state index in [1.807, 2.05) is 64.0 Å². The summed E-state index contributed by atoms with van der Waals surface area (Å²) < 4.78 is 17.5. The third-order valence-corrected chi connectivity index (χ3v) is 4.04. The molecular formula is C17H23BO3. The van der Waals surface area contributed by atoms with Crippen LogP contribution in [0.5, 0.6) is 5.75 Å². The molecule has 1 aliphatic heterocycles. The van der Waals surface area contributed by atoms with Crippen LogP contribution in [0, 0.1) is 0 Å². The molecule has 112 valence electrons. The molecule has 1 saturated heterocycles. The summed E-state index contributed by atoms with van der Waals surface area (Å²) >= 11 is 0. The van der Waals surface area contributed by atoms with Crippen LogP contribution in [0.25, 0.3) is 6.08 Å². The highest BCUT2D eigenvalue weighted by Gasteiger charge is 2.49. The Morgan fingerprint density at radius 3 is 2.38 bits per heavy atom. The van der Waals surface area contributed by atoms with Crippen LogP contribution in [0.2, 0.25) is 0 Å². The summed E-state index contributed by atoms with van der Waals surface area (Å²) in [6.07, 6.45) is 3.70. The number of ether oxygens (including phenoxy) is 1. The molecule has 0 radical (unpaired) electrons. The minimum Gasteiger partial charge on any atom is -0.489 e. The van der Waals surface area contributed by atoms with E-state index in [1.165, 1.54) is 0 Å². The van der Waals surface area contributed by atoms with Gasteiger partial charge in [0.25, 0.3) is 0 Å². The van der Waals surface area contributed by atoms with Gasteiger partial charge >= 0.3 is 7.12 Å². The van der Waals surface area contributed by atoms with Gasteiger partial charge in [0.1, 0.15) is 12.4 Å². The summed E-state index contributed by atoms with van der Waals surface area (Å²) in [5.74, 6) is 2.72. The van der Waals surface area contributed by atoms with E-state index in [1.54, 1.807) is 6.08 Å². The Hall–Kier alpha value is -1.52. The van der Waals surface area contributed by atoms with Gasteiger partial charge in [-0.3, -0.25) is 0 Å². The van der Waals surface area contributed by atoms with Crippen LogP contribution >= 0.6 is 0 Å². The number of rotatable bonds is 5. The Balaban J connectivity index is 1.88. The average Bonchev–Trinajstić information content (AvgIpc) is 2.63. The van der Waals surface area contributed by atoms with E-state index in [0.29, 0.717) is 6.61 Å². The van der Waals surface area contributed by atoms with E-state index in [0.717, 1.165) is 11.3 Å². The molecule has 0 aromatic heterocycles. The van der Waals surface area contributed by atoms with Gasteiger partial charge in [-0.05, 0) is 33.8 Å². The van der Waals surface area contributed by atoms with E-state index in [9.17, 15) is 0 Å². The highest BCUT2D eigenvalue weighted by molar-refractivity contribution is 6.51. The number of hydrogen-bond donors (Lipinski definition) is 0. The van der Waals surface area contributed by atoms with E-state index in [-0.39, 0.29) is 18.3 Å². The lowest BCUT2D eigenvalue weighted by Gasteiger charge is -2.32. The van der Waals surface area contributed by atoms with Crippen molar-refractivity contribution in [3.8, 4) is 5.75 Å². The highest BCUT2D eigenvalue weighted by atomic mass is 16.7. The predicted octanol–water partition coefficient (Wildman–Crippen LogP) is 3.90. The third-order valence-electron chi connectivity index (χ3n) is 4.04. The van der Waals surface area contributed by atoms with Crippen molar-refractivity contribution in [1.29, 1.82) is 0 Å². The fraction of sp³-hybridized carbons (Fsp3) is 0.412. The second kappa shape index (κ2) is 6.08. The van der Waals surface area contributed by atoms with Gasteiger partial charge in [0.2, 0.25) is 0 Å². The maximum atomic E-state index is 5.88. The van der Waals surface area contributed by atoms with Gasteiger partial charge < -0.3 is 14.0 Å². The Kier molecular flexibility index (Phi) is 4.59. The molecule has 1 aromatic carbocycles. The molecule has 0 spiro atoms. The van der Waals surface area contributed by atoms with Crippen LogP contribution in [0.4, 0.5) is 0 Å². The molecule has 0 aliphatic carbocycles. The second-order valence-electron chi connectivity index (χ2n) is 6.11. The maximum absolute atomic E-state index is 5.88. The first kappa shape index (κ1) is 15.9. The maximum Gasteiger partial charge on any atom is 0.486 e. The van der Waals surface area contributed by atoms with Crippen LogP contribution < -0.4 is 4.74 Å². The van der Waals surface area contributed by atoms with E-state index >= 15 is 0 Å². The summed E-state index contributed by atoms with van der Waals surface area (Å²) in [7, 11) is -0.326. The molecule has 1 heterocycles. The summed E-state index contributed by atoms with van der Waals surface area (Å²) in [5, 5.41) is 0. The summed E-state index contributed by atoms with van der Waals surface area (Å²) in [6.45, 7) is 12.4. The zero-order valence-electron chi connectivity index (χ0n) is 13.3. The van der Waals surface area contributed by atoms with Crippen molar-refractivity contribution in [2.75, 3.05) is 6.61 Å². The zero-order chi connectivity index (χ0) is 15.5. The SMILES string of the molecule is C=Cc1ccccc1OC/C=C/B1OC(C)(C)C(C)(C)O1. The molecule has 0 saturated carbocycles. The molecular weight excluding hydrogens is 263 g/mol. The number of para-hydroxylation sites is 1. The first-order chi connectivity index (χ1) is 9.86. The summed E-state index contributed by atoms with van der Waals surface area (Å²) in [5.41, 5.74) is 0.373. The summed E-state index contributed by atoms with van der Waals surface area (Å²) in [6, 6.07) is 7.81. The van der Waals surface area contributed by atoms with Crippen molar-refractivity contribution >= 4 is 13.2 Å². The fourth-order valence-corrected chi connectivity index (χ4v) is 2.05. The van der Waals surface area contributed by atoms with E-state index in [4.69, 9.17) is 14.0 Å². The Bertz CT molecular complexity index is 519.